The van der Waals surface area contributed by atoms with Gasteiger partial charge in [-0.15, -0.1) is 0 Å². The predicted octanol–water partition coefficient (Wildman–Crippen LogP) is 4.04. The SMILES string of the molecule is COc1cc(-c2noc(-c3ncn4c3CO[C@H](c3ccc(F)cc3)C4)n2)cc(OC)c1OC. The zero-order valence-electron chi connectivity index (χ0n) is 18.2. The molecule has 1 aliphatic rings. The monoisotopic (exact) mass is 452 g/mol. The summed E-state index contributed by atoms with van der Waals surface area (Å²) in [6, 6.07) is 9.80. The van der Waals surface area contributed by atoms with Gasteiger partial charge in [-0.05, 0) is 29.8 Å². The number of halogens is 1. The molecule has 5 rings (SSSR count). The first kappa shape index (κ1) is 21.0. The average Bonchev–Trinajstić information content (AvgIpc) is 3.50. The molecule has 0 unspecified atom stereocenters. The minimum atomic E-state index is -0.278. The number of imidazole rings is 1. The standard InChI is InChI=1S/C23H21FN4O5/c1-29-17-8-14(9-18(30-2)21(17)31-3)22-26-23(33-27-22)20-16-11-32-19(10-28(16)12-25-20)13-4-6-15(24)7-5-13/h4-9,12,19H,10-11H2,1-3H3/t19-/m0/s1. The molecule has 10 heteroatoms. The van der Waals surface area contributed by atoms with Crippen LogP contribution in [0.5, 0.6) is 17.2 Å². The number of fused-ring (bicyclic) bond motifs is 1. The van der Waals surface area contributed by atoms with Crippen LogP contribution in [0.3, 0.4) is 0 Å². The first-order valence-electron chi connectivity index (χ1n) is 10.2. The van der Waals surface area contributed by atoms with E-state index in [2.05, 4.69) is 15.1 Å². The van der Waals surface area contributed by atoms with Crippen LogP contribution < -0.4 is 14.2 Å². The van der Waals surface area contributed by atoms with Crippen LogP contribution >= 0.6 is 0 Å². The van der Waals surface area contributed by atoms with E-state index < -0.39 is 0 Å². The lowest BCUT2D eigenvalue weighted by Gasteiger charge is -2.25. The van der Waals surface area contributed by atoms with E-state index in [9.17, 15) is 4.39 Å². The predicted molar refractivity (Wildman–Crippen MR) is 115 cm³/mol. The molecule has 2 aromatic carbocycles. The van der Waals surface area contributed by atoms with Crippen LogP contribution in [0.2, 0.25) is 0 Å². The summed E-state index contributed by atoms with van der Waals surface area (Å²) >= 11 is 0. The van der Waals surface area contributed by atoms with E-state index in [1.165, 1.54) is 19.2 Å². The van der Waals surface area contributed by atoms with Crippen molar-refractivity contribution in [3.05, 3.63) is 59.8 Å². The quantitative estimate of drug-likeness (QED) is 0.433. The van der Waals surface area contributed by atoms with Crippen molar-refractivity contribution in [3.8, 4) is 40.2 Å². The van der Waals surface area contributed by atoms with Crippen LogP contribution in [0.25, 0.3) is 23.0 Å². The maximum atomic E-state index is 13.2. The van der Waals surface area contributed by atoms with Crippen LogP contribution in [-0.2, 0) is 17.9 Å². The second-order valence-electron chi connectivity index (χ2n) is 7.38. The minimum Gasteiger partial charge on any atom is -0.493 e. The number of aromatic nitrogens is 4. The number of hydrogen-bond donors (Lipinski definition) is 0. The lowest BCUT2D eigenvalue weighted by atomic mass is 10.1. The van der Waals surface area contributed by atoms with Gasteiger partial charge < -0.3 is 28.0 Å². The lowest BCUT2D eigenvalue weighted by molar-refractivity contribution is 0.00326. The van der Waals surface area contributed by atoms with Crippen molar-refractivity contribution in [2.24, 2.45) is 0 Å². The van der Waals surface area contributed by atoms with Gasteiger partial charge in [-0.1, -0.05) is 17.3 Å². The normalized spacial score (nSPS) is 15.2. The molecule has 0 saturated heterocycles. The van der Waals surface area contributed by atoms with E-state index in [-0.39, 0.29) is 17.8 Å². The Hall–Kier alpha value is -3.92. The average molecular weight is 452 g/mol. The summed E-state index contributed by atoms with van der Waals surface area (Å²) in [5.74, 6) is 1.79. The Bertz CT molecular complexity index is 1260. The second kappa shape index (κ2) is 8.55. The molecule has 0 spiro atoms. The van der Waals surface area contributed by atoms with Crippen molar-refractivity contribution in [2.45, 2.75) is 19.3 Å². The summed E-state index contributed by atoms with van der Waals surface area (Å²) in [7, 11) is 4.62. The fraction of sp³-hybridized carbons (Fsp3) is 0.261. The van der Waals surface area contributed by atoms with Gasteiger partial charge in [0.1, 0.15) is 11.9 Å². The van der Waals surface area contributed by atoms with E-state index in [4.69, 9.17) is 23.5 Å². The largest absolute Gasteiger partial charge is 0.493 e. The van der Waals surface area contributed by atoms with Crippen LogP contribution in [-0.4, -0.2) is 41.0 Å². The molecule has 4 aromatic rings. The van der Waals surface area contributed by atoms with Gasteiger partial charge in [0, 0.05) is 5.56 Å². The van der Waals surface area contributed by atoms with Gasteiger partial charge in [-0.2, -0.15) is 4.98 Å². The molecule has 0 amide bonds. The molecule has 9 nitrogen and oxygen atoms in total. The topological polar surface area (TPSA) is 93.7 Å². The van der Waals surface area contributed by atoms with E-state index in [1.54, 1.807) is 44.8 Å². The Kier molecular flexibility index (Phi) is 5.43. The number of ether oxygens (including phenoxy) is 4. The molecule has 0 bridgehead atoms. The molecule has 0 aliphatic carbocycles. The van der Waals surface area contributed by atoms with Gasteiger partial charge in [-0.3, -0.25) is 0 Å². The highest BCUT2D eigenvalue weighted by molar-refractivity contribution is 5.67. The summed E-state index contributed by atoms with van der Waals surface area (Å²) in [5.41, 5.74) is 2.92. The van der Waals surface area contributed by atoms with Gasteiger partial charge in [0.2, 0.25) is 11.6 Å². The molecule has 0 radical (unpaired) electrons. The maximum Gasteiger partial charge on any atom is 0.278 e. The van der Waals surface area contributed by atoms with Crippen LogP contribution in [0.15, 0.2) is 47.2 Å². The number of benzene rings is 2. The van der Waals surface area contributed by atoms with Crippen molar-refractivity contribution in [3.63, 3.8) is 0 Å². The van der Waals surface area contributed by atoms with Crippen molar-refractivity contribution < 1.29 is 27.9 Å². The van der Waals surface area contributed by atoms with Gasteiger partial charge in [0.05, 0.1) is 46.5 Å². The Morgan fingerprint density at radius 2 is 1.76 bits per heavy atom. The molecule has 0 fully saturated rings. The molecule has 1 atom stereocenters. The number of nitrogens with zero attached hydrogens (tertiary/aromatic N) is 4. The highest BCUT2D eigenvalue weighted by Crippen LogP contribution is 2.41. The zero-order chi connectivity index (χ0) is 22.9. The van der Waals surface area contributed by atoms with Crippen molar-refractivity contribution in [1.29, 1.82) is 0 Å². The third kappa shape index (κ3) is 3.78. The Morgan fingerprint density at radius 1 is 1.03 bits per heavy atom. The smallest absolute Gasteiger partial charge is 0.278 e. The summed E-state index contributed by atoms with van der Waals surface area (Å²) in [5, 5.41) is 4.10. The van der Waals surface area contributed by atoms with Crippen LogP contribution in [0.4, 0.5) is 4.39 Å². The third-order valence-corrected chi connectivity index (χ3v) is 5.52. The maximum absolute atomic E-state index is 13.2. The van der Waals surface area contributed by atoms with Gasteiger partial charge in [0.25, 0.3) is 5.89 Å². The number of hydrogen-bond acceptors (Lipinski definition) is 8. The molecule has 0 saturated carbocycles. The van der Waals surface area contributed by atoms with Crippen molar-refractivity contribution >= 4 is 0 Å². The van der Waals surface area contributed by atoms with Crippen molar-refractivity contribution in [2.75, 3.05) is 21.3 Å². The Labute approximate surface area is 188 Å². The molecule has 3 heterocycles. The van der Waals surface area contributed by atoms with Crippen molar-refractivity contribution in [1.82, 2.24) is 19.7 Å². The number of methoxy groups -OCH3 is 3. The molecule has 33 heavy (non-hydrogen) atoms. The molecule has 1 aliphatic heterocycles. The molecular formula is C23H21FN4O5. The van der Waals surface area contributed by atoms with E-state index in [0.29, 0.717) is 47.5 Å². The molecule has 2 aromatic heterocycles. The molecule has 0 N–H and O–H groups in total. The van der Waals surface area contributed by atoms with Gasteiger partial charge >= 0.3 is 0 Å². The summed E-state index contributed by atoms with van der Waals surface area (Å²) in [6.45, 7) is 0.848. The summed E-state index contributed by atoms with van der Waals surface area (Å²) in [6.07, 6.45) is 1.52. The summed E-state index contributed by atoms with van der Waals surface area (Å²) < 4.78 is 42.9. The fourth-order valence-electron chi connectivity index (χ4n) is 3.83. The van der Waals surface area contributed by atoms with Gasteiger partial charge in [0.15, 0.2) is 17.2 Å². The second-order valence-corrected chi connectivity index (χ2v) is 7.38. The molecular weight excluding hydrogens is 431 g/mol. The highest BCUT2D eigenvalue weighted by Gasteiger charge is 2.27. The first-order chi connectivity index (χ1) is 16.1. The van der Waals surface area contributed by atoms with Gasteiger partial charge in [-0.25, -0.2) is 9.37 Å². The lowest BCUT2D eigenvalue weighted by Crippen LogP contribution is -2.20. The summed E-state index contributed by atoms with van der Waals surface area (Å²) in [4.78, 5) is 8.99. The van der Waals surface area contributed by atoms with E-state index in [1.807, 2.05) is 4.57 Å². The van der Waals surface area contributed by atoms with Crippen LogP contribution in [0.1, 0.15) is 17.4 Å². The van der Waals surface area contributed by atoms with Crippen LogP contribution in [0, 0.1) is 5.82 Å². The number of rotatable bonds is 6. The van der Waals surface area contributed by atoms with E-state index in [0.717, 1.165) is 11.3 Å². The fourth-order valence-corrected chi connectivity index (χ4v) is 3.83. The Morgan fingerprint density at radius 3 is 2.42 bits per heavy atom. The van der Waals surface area contributed by atoms with E-state index >= 15 is 0 Å². The molecule has 170 valence electrons. The zero-order valence-corrected chi connectivity index (χ0v) is 18.2. The highest BCUT2D eigenvalue weighted by atomic mass is 19.1. The third-order valence-electron chi connectivity index (χ3n) is 5.52. The Balaban J connectivity index is 1.43. The minimum absolute atomic E-state index is 0.197. The first-order valence-corrected chi connectivity index (χ1v) is 10.2.